The number of hydrogen-bond acceptors (Lipinski definition) is 5. The van der Waals surface area contributed by atoms with Crippen LogP contribution in [0.5, 0.6) is 5.75 Å². The van der Waals surface area contributed by atoms with Crippen LogP contribution in [0.2, 0.25) is 5.02 Å². The molecule has 2 aromatic rings. The molecule has 34 heavy (non-hydrogen) atoms. The Morgan fingerprint density at radius 1 is 1.32 bits per heavy atom. The van der Waals surface area contributed by atoms with E-state index >= 15 is 0 Å². The highest BCUT2D eigenvalue weighted by molar-refractivity contribution is 6.30. The van der Waals surface area contributed by atoms with Crippen molar-refractivity contribution in [1.29, 1.82) is 0 Å². The second kappa shape index (κ2) is 9.46. The molecule has 1 aliphatic carbocycles. The number of rotatable bonds is 10. The van der Waals surface area contributed by atoms with E-state index < -0.39 is 23.8 Å². The van der Waals surface area contributed by atoms with Gasteiger partial charge < -0.3 is 25.0 Å². The van der Waals surface area contributed by atoms with Crippen LogP contribution >= 0.6 is 11.6 Å². The van der Waals surface area contributed by atoms with Crippen LogP contribution in [0.3, 0.4) is 0 Å². The molecule has 4 rings (SSSR count). The Hall–Kier alpha value is -2.19. The van der Waals surface area contributed by atoms with Crippen LogP contribution in [0.4, 0.5) is 4.39 Å². The summed E-state index contributed by atoms with van der Waals surface area (Å²) in [5.74, 6) is -1.17. The van der Waals surface area contributed by atoms with E-state index in [1.54, 1.807) is 12.1 Å². The number of aliphatic hydroxyl groups is 1. The summed E-state index contributed by atoms with van der Waals surface area (Å²) < 4.78 is 25.6. The zero-order valence-corrected chi connectivity index (χ0v) is 20.5. The van der Waals surface area contributed by atoms with Crippen molar-refractivity contribution in [2.24, 2.45) is 5.92 Å². The Morgan fingerprint density at radius 3 is 2.74 bits per heavy atom. The molecule has 6 nitrogen and oxygen atoms in total. The number of aryl methyl sites for hydroxylation is 1. The highest BCUT2D eigenvalue weighted by Gasteiger charge is 2.64. The molecule has 2 aromatic carbocycles. The van der Waals surface area contributed by atoms with E-state index in [9.17, 15) is 19.4 Å². The van der Waals surface area contributed by atoms with E-state index in [2.05, 4.69) is 5.32 Å². The predicted octanol–water partition coefficient (Wildman–Crippen LogP) is 4.40. The minimum Gasteiger partial charge on any atom is -0.488 e. The van der Waals surface area contributed by atoms with Gasteiger partial charge in [-0.25, -0.2) is 4.39 Å². The average Bonchev–Trinajstić information content (AvgIpc) is 3.35. The summed E-state index contributed by atoms with van der Waals surface area (Å²) in [6.45, 7) is 8.23. The van der Waals surface area contributed by atoms with E-state index in [-0.39, 0.29) is 35.3 Å². The summed E-state index contributed by atoms with van der Waals surface area (Å²) in [4.78, 5) is 11.5. The molecule has 0 spiro atoms. The van der Waals surface area contributed by atoms with E-state index in [1.807, 2.05) is 39.8 Å². The van der Waals surface area contributed by atoms with Gasteiger partial charge in [0.25, 0.3) is 0 Å². The average molecular weight is 492 g/mol. The number of ether oxygens (including phenoxy) is 2. The van der Waals surface area contributed by atoms with Crippen LogP contribution < -0.4 is 10.1 Å². The highest BCUT2D eigenvalue weighted by Crippen LogP contribution is 2.61. The molecule has 0 bridgehead atoms. The number of fused-ring (bicyclic) bond motifs is 3. The number of aliphatic hydroxyl groups excluding tert-OH is 1. The molecule has 5 atom stereocenters. The second-order valence-corrected chi connectivity index (χ2v) is 10.4. The van der Waals surface area contributed by atoms with Gasteiger partial charge in [0.2, 0.25) is 0 Å². The fourth-order valence-corrected chi connectivity index (χ4v) is 4.92. The first-order valence-electron chi connectivity index (χ1n) is 11.5. The molecule has 0 saturated heterocycles. The van der Waals surface area contributed by atoms with Crippen LogP contribution in [0.1, 0.15) is 55.0 Å². The molecular weight excluding hydrogens is 461 g/mol. The fourth-order valence-electron chi connectivity index (χ4n) is 4.80. The van der Waals surface area contributed by atoms with Gasteiger partial charge in [-0.05, 0) is 62.9 Å². The molecular formula is C26H31ClFNO5. The molecule has 0 radical (unpaired) electrons. The molecule has 1 aliphatic heterocycles. The summed E-state index contributed by atoms with van der Waals surface area (Å²) in [5.41, 5.74) is 3.24. The highest BCUT2D eigenvalue weighted by atomic mass is 35.5. The Labute approximate surface area is 204 Å². The zero-order chi connectivity index (χ0) is 24.8. The van der Waals surface area contributed by atoms with Crippen molar-refractivity contribution < 1.29 is 28.9 Å². The van der Waals surface area contributed by atoms with Crippen LogP contribution in [-0.4, -0.2) is 47.1 Å². The van der Waals surface area contributed by atoms with Crippen molar-refractivity contribution in [2.75, 3.05) is 13.2 Å². The van der Waals surface area contributed by atoms with Gasteiger partial charge in [0.15, 0.2) is 0 Å². The Kier molecular flexibility index (Phi) is 6.93. The lowest BCUT2D eigenvalue weighted by Crippen LogP contribution is -2.46. The van der Waals surface area contributed by atoms with Gasteiger partial charge in [0.05, 0.1) is 23.8 Å². The normalized spacial score (nSPS) is 22.5. The molecule has 1 heterocycles. The number of carboxylic acids is 1. The minimum absolute atomic E-state index is 0.0951. The maximum atomic E-state index is 13.7. The Balaban J connectivity index is 1.32. The largest absolute Gasteiger partial charge is 0.488 e. The molecule has 0 amide bonds. The zero-order valence-electron chi connectivity index (χ0n) is 19.8. The maximum absolute atomic E-state index is 13.7. The van der Waals surface area contributed by atoms with Crippen LogP contribution in [0, 0.1) is 18.7 Å². The first-order chi connectivity index (χ1) is 16.0. The smallest absolute Gasteiger partial charge is 0.311 e. The first-order valence-corrected chi connectivity index (χ1v) is 11.9. The second-order valence-electron chi connectivity index (χ2n) is 10.0. The van der Waals surface area contributed by atoms with Crippen LogP contribution in [-0.2, 0) is 16.0 Å². The van der Waals surface area contributed by atoms with Crippen molar-refractivity contribution in [1.82, 2.24) is 5.32 Å². The summed E-state index contributed by atoms with van der Waals surface area (Å²) in [5, 5.41) is 23.3. The topological polar surface area (TPSA) is 88.0 Å². The number of carboxylic acid groups (broad SMARTS) is 1. The van der Waals surface area contributed by atoms with Crippen molar-refractivity contribution in [3.05, 3.63) is 63.4 Å². The molecule has 0 unspecified atom stereocenters. The van der Waals surface area contributed by atoms with Crippen LogP contribution in [0.15, 0.2) is 30.3 Å². The number of aliphatic carboxylic acids is 1. The SMILES string of the molecule is Cc1ccc([C@@H](C)OC[C@H](O)CNC(C)(C)Cc2ccc(Cl)c(F)c2)c2c1O[C@@H]1[C@@H](C(=O)O)[C@H]21. The maximum Gasteiger partial charge on any atom is 0.311 e. The molecule has 2 aliphatic rings. The first kappa shape index (κ1) is 24.9. The van der Waals surface area contributed by atoms with E-state index in [0.717, 1.165) is 28.0 Å². The Bertz CT molecular complexity index is 1090. The molecule has 1 fully saturated rings. The fraction of sp³-hybridized carbons (Fsp3) is 0.500. The Morgan fingerprint density at radius 2 is 2.06 bits per heavy atom. The van der Waals surface area contributed by atoms with Crippen LogP contribution in [0.25, 0.3) is 0 Å². The number of carbonyl (C=O) groups is 1. The van der Waals surface area contributed by atoms with Crippen molar-refractivity contribution in [3.63, 3.8) is 0 Å². The number of hydrogen-bond donors (Lipinski definition) is 3. The van der Waals surface area contributed by atoms with Gasteiger partial charge in [-0.1, -0.05) is 29.8 Å². The van der Waals surface area contributed by atoms with Gasteiger partial charge in [-0.3, -0.25) is 4.79 Å². The summed E-state index contributed by atoms with van der Waals surface area (Å²) in [6.07, 6.45) is -0.815. The monoisotopic (exact) mass is 491 g/mol. The summed E-state index contributed by atoms with van der Waals surface area (Å²) >= 11 is 5.76. The molecule has 0 aromatic heterocycles. The third-order valence-electron chi connectivity index (χ3n) is 6.68. The van der Waals surface area contributed by atoms with Gasteiger partial charge in [0, 0.05) is 23.6 Å². The molecule has 1 saturated carbocycles. The quantitative estimate of drug-likeness (QED) is 0.456. The van der Waals surface area contributed by atoms with E-state index in [0.29, 0.717) is 13.0 Å². The van der Waals surface area contributed by atoms with Crippen molar-refractivity contribution >= 4 is 17.6 Å². The minimum atomic E-state index is -0.841. The van der Waals surface area contributed by atoms with E-state index in [1.165, 1.54) is 6.07 Å². The van der Waals surface area contributed by atoms with E-state index in [4.69, 9.17) is 21.1 Å². The lowest BCUT2D eigenvalue weighted by molar-refractivity contribution is -0.139. The molecule has 3 N–H and O–H groups in total. The molecule has 184 valence electrons. The standard InChI is InChI=1S/C26H31ClFNO5/c1-13-5-7-17(20-21-22(25(31)32)24(21)34-23(13)20)14(2)33-12-16(30)11-29-26(3,4)10-15-6-8-18(27)19(28)9-15/h5-9,14,16,21-22,24,29-30H,10-12H2,1-4H3,(H,31,32)/t14-,16-,21+,22+,24+/m1/s1. The van der Waals surface area contributed by atoms with Gasteiger partial charge >= 0.3 is 5.97 Å². The van der Waals surface area contributed by atoms with Crippen molar-refractivity contribution in [3.8, 4) is 5.75 Å². The lowest BCUT2D eigenvalue weighted by Gasteiger charge is -2.28. The number of halogens is 2. The molecule has 8 heteroatoms. The van der Waals surface area contributed by atoms with Gasteiger partial charge in [0.1, 0.15) is 23.6 Å². The van der Waals surface area contributed by atoms with Crippen molar-refractivity contribution in [2.45, 2.75) is 63.9 Å². The third kappa shape index (κ3) is 5.08. The summed E-state index contributed by atoms with van der Waals surface area (Å²) in [7, 11) is 0. The summed E-state index contributed by atoms with van der Waals surface area (Å²) in [6, 6.07) is 8.67. The number of benzene rings is 2. The number of nitrogens with one attached hydrogen (secondary N) is 1. The van der Waals surface area contributed by atoms with Gasteiger partial charge in [-0.2, -0.15) is 0 Å². The predicted molar refractivity (Wildman–Crippen MR) is 127 cm³/mol. The van der Waals surface area contributed by atoms with Gasteiger partial charge in [-0.15, -0.1) is 0 Å². The number of β-amino-alcohol motifs (C(OH)–C–C–N with tert-alkyl or cyclic N) is 1. The lowest BCUT2D eigenvalue weighted by atomic mass is 9.94. The third-order valence-corrected chi connectivity index (χ3v) is 6.98.